The summed E-state index contributed by atoms with van der Waals surface area (Å²) in [6, 6.07) is 3.72. The molecule has 1 saturated carbocycles. The highest BCUT2D eigenvalue weighted by Gasteiger charge is 2.52. The summed E-state index contributed by atoms with van der Waals surface area (Å²) in [5.41, 5.74) is -0.204. The van der Waals surface area contributed by atoms with Crippen molar-refractivity contribution in [3.8, 4) is 0 Å². The second kappa shape index (κ2) is 6.52. The van der Waals surface area contributed by atoms with Gasteiger partial charge >= 0.3 is 0 Å². The van der Waals surface area contributed by atoms with Gasteiger partial charge in [0.1, 0.15) is 11.5 Å². The lowest BCUT2D eigenvalue weighted by Crippen LogP contribution is -2.42. The lowest BCUT2D eigenvalue weighted by molar-refractivity contribution is -0.128. The van der Waals surface area contributed by atoms with Crippen LogP contribution in [0, 0.1) is 18.3 Å². The molecule has 1 aromatic heterocycles. The number of furan rings is 1. The molecule has 0 radical (unpaired) electrons. The SMILES string of the molecule is Cc1ccc(CNC(=O)C2CN(S(C)(=O)=O)CC23CCCCC3)o1. The molecule has 1 atom stereocenters. The van der Waals surface area contributed by atoms with Crippen molar-refractivity contribution >= 4 is 15.9 Å². The van der Waals surface area contributed by atoms with Gasteiger partial charge in [-0.3, -0.25) is 4.79 Å². The van der Waals surface area contributed by atoms with Crippen LogP contribution < -0.4 is 5.32 Å². The third-order valence-electron chi connectivity index (χ3n) is 5.48. The van der Waals surface area contributed by atoms with E-state index >= 15 is 0 Å². The van der Waals surface area contributed by atoms with E-state index in [1.54, 1.807) is 0 Å². The zero-order valence-corrected chi connectivity index (χ0v) is 15.2. The summed E-state index contributed by atoms with van der Waals surface area (Å²) in [6.07, 6.45) is 6.39. The van der Waals surface area contributed by atoms with E-state index in [4.69, 9.17) is 4.42 Å². The molecular formula is C17H26N2O4S. The van der Waals surface area contributed by atoms with Gasteiger partial charge in [0, 0.05) is 13.1 Å². The van der Waals surface area contributed by atoms with Gasteiger partial charge in [-0.25, -0.2) is 12.7 Å². The Morgan fingerprint density at radius 2 is 2.04 bits per heavy atom. The van der Waals surface area contributed by atoms with Crippen molar-refractivity contribution in [3.63, 3.8) is 0 Å². The molecule has 1 unspecified atom stereocenters. The Balaban J connectivity index is 1.73. The Hall–Kier alpha value is -1.34. The van der Waals surface area contributed by atoms with Crippen LogP contribution in [0.2, 0.25) is 0 Å². The first-order chi connectivity index (χ1) is 11.3. The van der Waals surface area contributed by atoms with E-state index in [2.05, 4.69) is 5.32 Å². The fourth-order valence-electron chi connectivity index (χ4n) is 4.18. The van der Waals surface area contributed by atoms with E-state index in [1.165, 1.54) is 17.0 Å². The number of carbonyl (C=O) groups excluding carboxylic acids is 1. The Labute approximate surface area is 143 Å². The van der Waals surface area contributed by atoms with Gasteiger partial charge in [0.15, 0.2) is 0 Å². The van der Waals surface area contributed by atoms with E-state index in [0.29, 0.717) is 19.6 Å². The fraction of sp³-hybridized carbons (Fsp3) is 0.706. The molecule has 6 nitrogen and oxygen atoms in total. The summed E-state index contributed by atoms with van der Waals surface area (Å²) in [5, 5.41) is 2.94. The normalized spacial score (nSPS) is 24.3. The molecule has 0 bridgehead atoms. The number of nitrogens with one attached hydrogen (secondary N) is 1. The second-order valence-corrected chi connectivity index (χ2v) is 9.24. The van der Waals surface area contributed by atoms with Crippen molar-refractivity contribution in [2.24, 2.45) is 11.3 Å². The standard InChI is InChI=1S/C17H26N2O4S/c1-13-6-7-14(23-13)10-18-16(20)15-11-19(24(2,21)22)12-17(15)8-4-3-5-9-17/h6-7,15H,3-5,8-12H2,1-2H3,(H,18,20). The van der Waals surface area contributed by atoms with Gasteiger partial charge in [0.05, 0.1) is 18.7 Å². The van der Waals surface area contributed by atoms with E-state index in [1.807, 2.05) is 19.1 Å². The number of amides is 1. The maximum atomic E-state index is 12.8. The molecule has 2 aliphatic rings. The predicted octanol–water partition coefficient (Wildman–Crippen LogP) is 2.05. The van der Waals surface area contributed by atoms with E-state index in [-0.39, 0.29) is 17.2 Å². The van der Waals surface area contributed by atoms with Crippen molar-refractivity contribution < 1.29 is 17.6 Å². The molecule has 1 aliphatic carbocycles. The van der Waals surface area contributed by atoms with Gasteiger partial charge in [0.25, 0.3) is 0 Å². The maximum Gasteiger partial charge on any atom is 0.225 e. The van der Waals surface area contributed by atoms with Crippen molar-refractivity contribution in [2.45, 2.75) is 45.6 Å². The lowest BCUT2D eigenvalue weighted by Gasteiger charge is -2.37. The van der Waals surface area contributed by atoms with Crippen LogP contribution in [0.15, 0.2) is 16.5 Å². The smallest absolute Gasteiger partial charge is 0.225 e. The third-order valence-corrected chi connectivity index (χ3v) is 6.70. The van der Waals surface area contributed by atoms with Crippen LogP contribution in [0.25, 0.3) is 0 Å². The maximum absolute atomic E-state index is 12.8. The van der Waals surface area contributed by atoms with Crippen molar-refractivity contribution in [3.05, 3.63) is 23.7 Å². The molecule has 2 fully saturated rings. The second-order valence-electron chi connectivity index (χ2n) is 7.26. The average Bonchev–Trinajstić information content (AvgIpc) is 3.10. The average molecular weight is 354 g/mol. The Bertz CT molecular complexity index is 704. The van der Waals surface area contributed by atoms with E-state index < -0.39 is 10.0 Å². The van der Waals surface area contributed by atoms with Crippen molar-refractivity contribution in [1.82, 2.24) is 9.62 Å². The molecule has 0 aromatic carbocycles. The first kappa shape index (κ1) is 17.5. The van der Waals surface area contributed by atoms with Crippen LogP contribution in [0.3, 0.4) is 0 Å². The molecule has 1 aliphatic heterocycles. The first-order valence-corrected chi connectivity index (χ1v) is 10.4. The minimum Gasteiger partial charge on any atom is -0.465 e. The molecule has 1 saturated heterocycles. The topological polar surface area (TPSA) is 79.6 Å². The highest BCUT2D eigenvalue weighted by atomic mass is 32.2. The van der Waals surface area contributed by atoms with Gasteiger partial charge in [-0.15, -0.1) is 0 Å². The van der Waals surface area contributed by atoms with Gasteiger partial charge in [-0.05, 0) is 37.3 Å². The summed E-state index contributed by atoms with van der Waals surface area (Å²) < 4.78 is 31.0. The predicted molar refractivity (Wildman–Crippen MR) is 90.7 cm³/mol. The zero-order valence-electron chi connectivity index (χ0n) is 14.4. The largest absolute Gasteiger partial charge is 0.465 e. The lowest BCUT2D eigenvalue weighted by atomic mass is 9.67. The van der Waals surface area contributed by atoms with Crippen LogP contribution in [-0.4, -0.2) is 38.0 Å². The number of rotatable bonds is 4. The Kier molecular flexibility index (Phi) is 4.75. The van der Waals surface area contributed by atoms with Gasteiger partial charge in [-0.1, -0.05) is 19.3 Å². The van der Waals surface area contributed by atoms with Crippen LogP contribution >= 0.6 is 0 Å². The van der Waals surface area contributed by atoms with Crippen molar-refractivity contribution in [2.75, 3.05) is 19.3 Å². The number of sulfonamides is 1. The summed E-state index contributed by atoms with van der Waals surface area (Å²) in [5.74, 6) is 1.20. The molecule has 3 rings (SSSR count). The first-order valence-electron chi connectivity index (χ1n) is 8.58. The fourth-order valence-corrected chi connectivity index (χ4v) is 5.09. The summed E-state index contributed by atoms with van der Waals surface area (Å²) >= 11 is 0. The number of hydrogen-bond donors (Lipinski definition) is 1. The highest BCUT2D eigenvalue weighted by molar-refractivity contribution is 7.88. The number of nitrogens with zero attached hydrogens (tertiary/aromatic N) is 1. The molecule has 2 heterocycles. The molecule has 134 valence electrons. The molecule has 24 heavy (non-hydrogen) atoms. The van der Waals surface area contributed by atoms with Crippen LogP contribution in [0.1, 0.15) is 43.6 Å². The zero-order chi connectivity index (χ0) is 17.4. The van der Waals surface area contributed by atoms with Gasteiger partial charge in [0.2, 0.25) is 15.9 Å². The Morgan fingerprint density at radius 1 is 1.33 bits per heavy atom. The summed E-state index contributed by atoms with van der Waals surface area (Å²) in [7, 11) is -3.27. The number of carbonyl (C=O) groups is 1. The molecule has 1 N–H and O–H groups in total. The molecule has 1 spiro atoms. The quantitative estimate of drug-likeness (QED) is 0.897. The summed E-state index contributed by atoms with van der Waals surface area (Å²) in [6.45, 7) is 2.98. The van der Waals surface area contributed by atoms with Crippen LogP contribution in [0.5, 0.6) is 0 Å². The number of aryl methyl sites for hydroxylation is 1. The molecule has 7 heteroatoms. The van der Waals surface area contributed by atoms with Gasteiger partial charge < -0.3 is 9.73 Å². The van der Waals surface area contributed by atoms with E-state index in [0.717, 1.165) is 37.2 Å². The minimum atomic E-state index is -3.27. The van der Waals surface area contributed by atoms with Gasteiger partial charge in [-0.2, -0.15) is 0 Å². The minimum absolute atomic E-state index is 0.0582. The Morgan fingerprint density at radius 3 is 2.62 bits per heavy atom. The molecular weight excluding hydrogens is 328 g/mol. The highest BCUT2D eigenvalue weighted by Crippen LogP contribution is 2.48. The van der Waals surface area contributed by atoms with Crippen LogP contribution in [0.4, 0.5) is 0 Å². The van der Waals surface area contributed by atoms with Crippen LogP contribution in [-0.2, 0) is 21.4 Å². The monoisotopic (exact) mass is 354 g/mol. The number of hydrogen-bond acceptors (Lipinski definition) is 4. The molecule has 1 aromatic rings. The third kappa shape index (κ3) is 3.52. The van der Waals surface area contributed by atoms with Crippen molar-refractivity contribution in [1.29, 1.82) is 0 Å². The van der Waals surface area contributed by atoms with E-state index in [9.17, 15) is 13.2 Å². The molecule has 1 amide bonds. The summed E-state index contributed by atoms with van der Waals surface area (Å²) in [4.78, 5) is 12.8.